The Bertz CT molecular complexity index is 90.2. The van der Waals surface area contributed by atoms with E-state index in [2.05, 4.69) is 20.8 Å². The Morgan fingerprint density at radius 2 is 2.11 bits per heavy atom. The highest BCUT2D eigenvalue weighted by molar-refractivity contribution is 4.89. The van der Waals surface area contributed by atoms with Crippen molar-refractivity contribution in [1.29, 1.82) is 0 Å². The van der Waals surface area contributed by atoms with Gasteiger partial charge in [0.2, 0.25) is 0 Å². The molecule has 54 valence electrons. The maximum atomic E-state index is 2.44. The van der Waals surface area contributed by atoms with Crippen molar-refractivity contribution in [2.45, 2.75) is 46.5 Å². The van der Waals surface area contributed by atoms with Crippen molar-refractivity contribution in [2.75, 3.05) is 0 Å². The lowest BCUT2D eigenvalue weighted by molar-refractivity contribution is 0.0432. The second-order valence-corrected chi connectivity index (χ2v) is 3.65. The van der Waals surface area contributed by atoms with Gasteiger partial charge in [0, 0.05) is 0 Å². The fourth-order valence-electron chi connectivity index (χ4n) is 2.00. The molecule has 0 bridgehead atoms. The summed E-state index contributed by atoms with van der Waals surface area (Å²) in [5, 5.41) is 0. The zero-order valence-corrected chi connectivity index (χ0v) is 6.91. The highest BCUT2D eigenvalue weighted by Gasteiger charge is 2.39. The van der Waals surface area contributed by atoms with Crippen LogP contribution >= 0.6 is 0 Å². The molecule has 2 atom stereocenters. The summed E-state index contributed by atoms with van der Waals surface area (Å²) >= 11 is 0. The summed E-state index contributed by atoms with van der Waals surface area (Å²) in [5.74, 6) is 1.04. The van der Waals surface area contributed by atoms with E-state index in [0.717, 1.165) is 11.3 Å². The molecule has 2 unspecified atom stereocenters. The van der Waals surface area contributed by atoms with Gasteiger partial charge in [0.1, 0.15) is 0 Å². The van der Waals surface area contributed by atoms with Crippen LogP contribution in [0.5, 0.6) is 0 Å². The van der Waals surface area contributed by atoms with Gasteiger partial charge in [0.25, 0.3) is 0 Å². The SMILES string of the molecule is CCC1CCC1(C)CC. The Morgan fingerprint density at radius 1 is 1.44 bits per heavy atom. The van der Waals surface area contributed by atoms with Crippen molar-refractivity contribution >= 4 is 0 Å². The summed E-state index contributed by atoms with van der Waals surface area (Å²) in [7, 11) is 0. The molecule has 0 nitrogen and oxygen atoms in total. The molecule has 0 amide bonds. The van der Waals surface area contributed by atoms with E-state index >= 15 is 0 Å². The Balaban J connectivity index is 2.41. The van der Waals surface area contributed by atoms with Crippen LogP contribution in [-0.4, -0.2) is 0 Å². The van der Waals surface area contributed by atoms with Gasteiger partial charge in [0.15, 0.2) is 0 Å². The molecule has 0 N–H and O–H groups in total. The van der Waals surface area contributed by atoms with Gasteiger partial charge in [0.05, 0.1) is 0 Å². The van der Waals surface area contributed by atoms with Crippen LogP contribution in [0.4, 0.5) is 0 Å². The van der Waals surface area contributed by atoms with E-state index in [9.17, 15) is 0 Å². The third kappa shape index (κ3) is 0.997. The number of hydrogen-bond donors (Lipinski definition) is 0. The van der Waals surface area contributed by atoms with E-state index < -0.39 is 0 Å². The Morgan fingerprint density at radius 3 is 2.22 bits per heavy atom. The first kappa shape index (κ1) is 7.11. The predicted octanol–water partition coefficient (Wildman–Crippen LogP) is 3.22. The van der Waals surface area contributed by atoms with Gasteiger partial charge in [-0.25, -0.2) is 0 Å². The van der Waals surface area contributed by atoms with Gasteiger partial charge in [-0.05, 0) is 24.2 Å². The maximum absolute atomic E-state index is 2.44. The highest BCUT2D eigenvalue weighted by atomic mass is 14.4. The summed E-state index contributed by atoms with van der Waals surface area (Å²) in [5.41, 5.74) is 0.731. The Labute approximate surface area is 58.7 Å². The van der Waals surface area contributed by atoms with Crippen molar-refractivity contribution in [3.63, 3.8) is 0 Å². The number of hydrogen-bond acceptors (Lipinski definition) is 0. The standard InChI is InChI=1S/C9H18/c1-4-8-6-7-9(8,3)5-2/h8H,4-7H2,1-3H3. The molecular formula is C9H18. The fourth-order valence-corrected chi connectivity index (χ4v) is 2.00. The van der Waals surface area contributed by atoms with Crippen LogP contribution in [0.3, 0.4) is 0 Å². The molecule has 1 rings (SSSR count). The quantitative estimate of drug-likeness (QED) is 0.533. The molecule has 0 aliphatic heterocycles. The molecule has 0 aromatic carbocycles. The summed E-state index contributed by atoms with van der Waals surface area (Å²) in [6.07, 6.45) is 5.73. The van der Waals surface area contributed by atoms with E-state index in [1.807, 2.05) is 0 Å². The summed E-state index contributed by atoms with van der Waals surface area (Å²) in [6, 6.07) is 0. The minimum Gasteiger partial charge on any atom is -0.0651 e. The van der Waals surface area contributed by atoms with Gasteiger partial charge >= 0.3 is 0 Å². The molecule has 1 aliphatic rings. The summed E-state index contributed by atoms with van der Waals surface area (Å²) in [4.78, 5) is 0. The van der Waals surface area contributed by atoms with E-state index in [0.29, 0.717) is 0 Å². The molecule has 0 aromatic rings. The van der Waals surface area contributed by atoms with Crippen LogP contribution in [0.25, 0.3) is 0 Å². The van der Waals surface area contributed by atoms with Crippen LogP contribution in [-0.2, 0) is 0 Å². The van der Waals surface area contributed by atoms with Crippen molar-refractivity contribution < 1.29 is 0 Å². The lowest BCUT2D eigenvalue weighted by atomic mass is 9.59. The Hall–Kier alpha value is 0. The Kier molecular flexibility index (Phi) is 1.83. The van der Waals surface area contributed by atoms with Crippen LogP contribution in [0, 0.1) is 11.3 Å². The topological polar surface area (TPSA) is 0 Å². The third-order valence-corrected chi connectivity index (χ3v) is 3.35. The second kappa shape index (κ2) is 2.32. The van der Waals surface area contributed by atoms with Gasteiger partial charge < -0.3 is 0 Å². The lowest BCUT2D eigenvalue weighted by Gasteiger charge is -2.46. The van der Waals surface area contributed by atoms with Gasteiger partial charge in [-0.3, -0.25) is 0 Å². The van der Waals surface area contributed by atoms with Crippen molar-refractivity contribution in [3.05, 3.63) is 0 Å². The van der Waals surface area contributed by atoms with E-state index in [-0.39, 0.29) is 0 Å². The molecule has 0 radical (unpaired) electrons. The zero-order valence-electron chi connectivity index (χ0n) is 6.91. The first-order valence-electron chi connectivity index (χ1n) is 4.23. The average molecular weight is 126 g/mol. The molecule has 1 saturated carbocycles. The summed E-state index contributed by atoms with van der Waals surface area (Å²) < 4.78 is 0. The zero-order chi connectivity index (χ0) is 6.91. The largest absolute Gasteiger partial charge is 0.0651 e. The monoisotopic (exact) mass is 126 g/mol. The van der Waals surface area contributed by atoms with Crippen molar-refractivity contribution in [1.82, 2.24) is 0 Å². The first-order chi connectivity index (χ1) is 4.23. The van der Waals surface area contributed by atoms with E-state index in [1.54, 1.807) is 0 Å². The molecule has 0 aromatic heterocycles. The van der Waals surface area contributed by atoms with Crippen LogP contribution in [0.2, 0.25) is 0 Å². The van der Waals surface area contributed by atoms with Crippen molar-refractivity contribution in [2.24, 2.45) is 11.3 Å². The minimum atomic E-state index is 0.731. The fraction of sp³-hybridized carbons (Fsp3) is 1.00. The number of rotatable bonds is 2. The summed E-state index contributed by atoms with van der Waals surface area (Å²) in [6.45, 7) is 7.07. The second-order valence-electron chi connectivity index (χ2n) is 3.65. The average Bonchev–Trinajstić information content (AvgIpc) is 1.85. The van der Waals surface area contributed by atoms with Gasteiger partial charge in [-0.15, -0.1) is 0 Å². The molecule has 0 heteroatoms. The predicted molar refractivity (Wildman–Crippen MR) is 41.4 cm³/mol. The van der Waals surface area contributed by atoms with Crippen LogP contribution in [0.1, 0.15) is 46.5 Å². The molecule has 0 heterocycles. The highest BCUT2D eigenvalue weighted by Crippen LogP contribution is 2.50. The maximum Gasteiger partial charge on any atom is -0.0300 e. The van der Waals surface area contributed by atoms with Crippen LogP contribution < -0.4 is 0 Å². The molecular weight excluding hydrogens is 108 g/mol. The van der Waals surface area contributed by atoms with Crippen LogP contribution in [0.15, 0.2) is 0 Å². The lowest BCUT2D eigenvalue weighted by Crippen LogP contribution is -2.36. The molecule has 1 aliphatic carbocycles. The van der Waals surface area contributed by atoms with Crippen molar-refractivity contribution in [3.8, 4) is 0 Å². The van der Waals surface area contributed by atoms with E-state index in [1.165, 1.54) is 25.7 Å². The minimum absolute atomic E-state index is 0.731. The molecule has 1 fully saturated rings. The van der Waals surface area contributed by atoms with Gasteiger partial charge in [-0.2, -0.15) is 0 Å². The first-order valence-corrected chi connectivity index (χ1v) is 4.23. The van der Waals surface area contributed by atoms with E-state index in [4.69, 9.17) is 0 Å². The smallest absolute Gasteiger partial charge is 0.0300 e. The molecule has 0 spiro atoms. The normalized spacial score (nSPS) is 42.3. The molecule has 9 heavy (non-hydrogen) atoms. The van der Waals surface area contributed by atoms with Gasteiger partial charge in [-0.1, -0.05) is 33.6 Å². The third-order valence-electron chi connectivity index (χ3n) is 3.35. The molecule has 0 saturated heterocycles.